The number of rotatable bonds is 9. The summed E-state index contributed by atoms with van der Waals surface area (Å²) in [6.45, 7) is 3.51. The van der Waals surface area contributed by atoms with Crippen molar-refractivity contribution >= 4 is 29.6 Å². The summed E-state index contributed by atoms with van der Waals surface area (Å²) in [5.41, 5.74) is 2.14. The second kappa shape index (κ2) is 9.33. The van der Waals surface area contributed by atoms with Crippen LogP contribution in [0.2, 0.25) is 0 Å². The molecular weight excluding hydrogens is 391 g/mol. The van der Waals surface area contributed by atoms with E-state index in [0.717, 1.165) is 16.5 Å². The highest BCUT2D eigenvalue weighted by molar-refractivity contribution is 7.63. The number of fused-ring (bicyclic) bond motifs is 1. The van der Waals surface area contributed by atoms with Crippen LogP contribution in [0.25, 0.3) is 10.9 Å². The van der Waals surface area contributed by atoms with Gasteiger partial charge in [-0.1, -0.05) is 12.1 Å². The molecule has 1 aromatic carbocycles. The number of nitrogens with zero attached hydrogens (tertiary/aromatic N) is 2. The first kappa shape index (κ1) is 21.2. The molecule has 2 aromatic heterocycles. The number of hydrogen-bond acceptors (Lipinski definition) is 4. The molecule has 2 heterocycles. The van der Waals surface area contributed by atoms with Gasteiger partial charge >= 0.3 is 0 Å². The monoisotopic (exact) mass is 416 g/mol. The number of pyridine rings is 1. The average molecular weight is 416 g/mol. The van der Waals surface area contributed by atoms with Gasteiger partial charge in [0.2, 0.25) is 0 Å². The number of aromatic amines is 1. The smallest absolute Gasteiger partial charge is 0.299 e. The number of carbonyl (C=O) groups excluding carboxylic acids is 1. The predicted octanol–water partition coefficient (Wildman–Crippen LogP) is 2.27. The van der Waals surface area contributed by atoms with Gasteiger partial charge in [0.1, 0.15) is 5.69 Å². The predicted molar refractivity (Wildman–Crippen MR) is 112 cm³/mol. The molecule has 1 amide bonds. The van der Waals surface area contributed by atoms with Crippen LogP contribution in [-0.2, 0) is 15.8 Å². The van der Waals surface area contributed by atoms with Crippen molar-refractivity contribution in [3.05, 3.63) is 60.0 Å². The first-order valence-electron chi connectivity index (χ1n) is 9.34. The lowest BCUT2D eigenvalue weighted by Crippen LogP contribution is -2.26. The van der Waals surface area contributed by atoms with Gasteiger partial charge in [-0.25, -0.2) is 4.67 Å². The lowest BCUT2D eigenvalue weighted by Gasteiger charge is -2.23. The van der Waals surface area contributed by atoms with Crippen LogP contribution in [0.3, 0.4) is 0 Å². The quantitative estimate of drug-likeness (QED) is 0.365. The number of ether oxygens (including phenoxy) is 1. The maximum absolute atomic E-state index is 12.7. The van der Waals surface area contributed by atoms with Crippen molar-refractivity contribution < 1.29 is 19.0 Å². The minimum atomic E-state index is -3.64. The van der Waals surface area contributed by atoms with E-state index in [-0.39, 0.29) is 5.91 Å². The Balaban J connectivity index is 1.59. The number of hydrogen-bond donors (Lipinski definition) is 3. The Morgan fingerprint density at radius 1 is 1.31 bits per heavy atom. The Bertz CT molecular complexity index is 986. The van der Waals surface area contributed by atoms with Crippen molar-refractivity contribution in [2.75, 3.05) is 26.8 Å². The van der Waals surface area contributed by atoms with Crippen molar-refractivity contribution in [1.82, 2.24) is 20.0 Å². The summed E-state index contributed by atoms with van der Waals surface area (Å²) < 4.78 is 19.4. The van der Waals surface area contributed by atoms with Crippen LogP contribution in [0.5, 0.6) is 0 Å². The van der Waals surface area contributed by atoms with Gasteiger partial charge < -0.3 is 19.9 Å². The molecule has 0 aliphatic carbocycles. The number of aromatic nitrogens is 2. The van der Waals surface area contributed by atoms with Crippen molar-refractivity contribution in [1.29, 1.82) is 0 Å². The molecule has 0 aliphatic heterocycles. The minimum absolute atomic E-state index is 0.228. The number of likely N-dealkylation sites (N-methyl/N-ethyl adjacent to an activating group) is 1. The Morgan fingerprint density at radius 2 is 2.07 bits per heavy atom. The summed E-state index contributed by atoms with van der Waals surface area (Å²) in [6.07, 6.45) is 3.36. The van der Waals surface area contributed by atoms with E-state index in [1.54, 1.807) is 49.8 Å². The van der Waals surface area contributed by atoms with Gasteiger partial charge in [-0.05, 0) is 43.8 Å². The van der Waals surface area contributed by atoms with Gasteiger partial charge in [-0.3, -0.25) is 14.3 Å². The molecule has 9 heteroatoms. The highest BCUT2D eigenvalue weighted by Crippen LogP contribution is 2.42. The zero-order chi connectivity index (χ0) is 20.9. The maximum Gasteiger partial charge on any atom is 0.299 e. The molecule has 1 unspecified atom stereocenters. The molecule has 0 saturated heterocycles. The number of H-pyrrole nitrogens is 1. The molecule has 1 atom stereocenters. The summed E-state index contributed by atoms with van der Waals surface area (Å²) >= 11 is 0. The number of benzene rings is 1. The van der Waals surface area contributed by atoms with E-state index in [1.165, 1.54) is 4.67 Å². The third-order valence-corrected chi connectivity index (χ3v) is 6.71. The molecule has 3 rings (SSSR count). The van der Waals surface area contributed by atoms with Gasteiger partial charge in [0.25, 0.3) is 13.4 Å². The van der Waals surface area contributed by atoms with E-state index in [9.17, 15) is 14.3 Å². The third-order valence-electron chi connectivity index (χ3n) is 4.62. The van der Waals surface area contributed by atoms with Crippen molar-refractivity contribution in [2.45, 2.75) is 13.5 Å². The Labute approximate surface area is 169 Å². The normalized spacial score (nSPS) is 13.5. The van der Waals surface area contributed by atoms with E-state index in [1.807, 2.05) is 13.0 Å². The van der Waals surface area contributed by atoms with E-state index in [4.69, 9.17) is 4.74 Å². The molecule has 3 aromatic rings. The fourth-order valence-electron chi connectivity index (χ4n) is 2.85. The summed E-state index contributed by atoms with van der Waals surface area (Å²) in [4.78, 5) is 29.9. The number of amides is 1. The Morgan fingerprint density at radius 3 is 2.76 bits per heavy atom. The van der Waals surface area contributed by atoms with Crippen LogP contribution in [0.1, 0.15) is 23.0 Å². The largest absolute Gasteiger partial charge is 0.380 e. The highest BCUT2D eigenvalue weighted by atomic mass is 31.2. The van der Waals surface area contributed by atoms with Gasteiger partial charge in [0.05, 0.1) is 11.9 Å². The average Bonchev–Trinajstić information content (AvgIpc) is 3.17. The first-order chi connectivity index (χ1) is 13.9. The van der Waals surface area contributed by atoms with E-state index >= 15 is 0 Å². The zero-order valence-electron chi connectivity index (χ0n) is 16.5. The molecule has 8 nitrogen and oxygen atoms in total. The molecule has 0 spiro atoms. The summed E-state index contributed by atoms with van der Waals surface area (Å²) in [5, 5.41) is 4.05. The Kier molecular flexibility index (Phi) is 6.82. The van der Waals surface area contributed by atoms with Crippen LogP contribution in [-0.4, -0.2) is 52.2 Å². The van der Waals surface area contributed by atoms with E-state index in [0.29, 0.717) is 37.3 Å². The first-order valence-corrected chi connectivity index (χ1v) is 11.0. The molecule has 29 heavy (non-hydrogen) atoms. The molecule has 0 radical (unpaired) electrons. The number of carbonyl (C=O) groups is 1. The Hall–Kier alpha value is -2.51. The third kappa shape index (κ3) is 5.10. The highest BCUT2D eigenvalue weighted by Gasteiger charge is 2.26. The zero-order valence-corrected chi connectivity index (χ0v) is 17.4. The van der Waals surface area contributed by atoms with E-state index < -0.39 is 7.52 Å². The minimum Gasteiger partial charge on any atom is -0.380 e. The topological polar surface area (TPSA) is 108 Å². The van der Waals surface area contributed by atoms with Crippen LogP contribution < -0.4 is 10.6 Å². The summed E-state index contributed by atoms with van der Waals surface area (Å²) in [7, 11) is -2.04. The van der Waals surface area contributed by atoms with Crippen LogP contribution in [0.15, 0.2) is 48.8 Å². The van der Waals surface area contributed by atoms with Crippen molar-refractivity contribution in [3.63, 3.8) is 0 Å². The van der Waals surface area contributed by atoms with E-state index in [2.05, 4.69) is 15.3 Å². The maximum atomic E-state index is 12.7. The second-order valence-electron chi connectivity index (χ2n) is 6.62. The molecular formula is C20H25N4O4P. The second-order valence-corrected chi connectivity index (χ2v) is 8.90. The molecule has 3 N–H and O–H groups in total. The molecule has 0 aliphatic rings. The van der Waals surface area contributed by atoms with Crippen molar-refractivity contribution in [2.24, 2.45) is 0 Å². The van der Waals surface area contributed by atoms with Gasteiger partial charge in [0.15, 0.2) is 0 Å². The molecule has 0 fully saturated rings. The van der Waals surface area contributed by atoms with Gasteiger partial charge in [-0.2, -0.15) is 0 Å². The lowest BCUT2D eigenvalue weighted by molar-refractivity contribution is 0.0946. The summed E-state index contributed by atoms with van der Waals surface area (Å²) in [6, 6.07) is 10.3. The molecule has 0 saturated carbocycles. The van der Waals surface area contributed by atoms with Crippen LogP contribution in [0, 0.1) is 0 Å². The molecule has 0 bridgehead atoms. The standard InChI is InChI=1S/C20H25N4O4P/c1-3-28-11-10-24(2)29(26,27)17-6-4-15(5-7-17)13-22-20(25)19-12-16-14-21-9-8-18(16)23-19/h4-9,12,14,23H,3,10-11,13H2,1-2H3,(H,22,25)(H,26,27). The lowest BCUT2D eigenvalue weighted by atomic mass is 10.2. The van der Waals surface area contributed by atoms with Crippen LogP contribution in [0.4, 0.5) is 0 Å². The van der Waals surface area contributed by atoms with Gasteiger partial charge in [0, 0.05) is 43.0 Å². The fourth-order valence-corrected chi connectivity index (χ4v) is 4.14. The molecule has 154 valence electrons. The summed E-state index contributed by atoms with van der Waals surface area (Å²) in [5.74, 6) is -0.228. The van der Waals surface area contributed by atoms with Gasteiger partial charge in [-0.15, -0.1) is 0 Å². The SMILES string of the molecule is CCOCCN(C)P(=O)(O)c1ccc(CNC(=O)c2cc3cnccc3[nH]2)cc1. The number of nitrogens with one attached hydrogen (secondary N) is 2. The van der Waals surface area contributed by atoms with Crippen molar-refractivity contribution in [3.8, 4) is 0 Å². The fraction of sp³-hybridized carbons (Fsp3) is 0.300. The van der Waals surface area contributed by atoms with Crippen LogP contribution >= 0.6 is 7.52 Å².